The van der Waals surface area contributed by atoms with Gasteiger partial charge in [-0.05, 0) is 68.1 Å². The fourth-order valence-corrected chi connectivity index (χ4v) is 3.92. The minimum absolute atomic E-state index is 0.253. The number of carbonyl (C=O) groups excluding carboxylic acids is 1. The topological polar surface area (TPSA) is 57.3 Å². The second kappa shape index (κ2) is 10.3. The molecule has 3 rings (SSSR count). The van der Waals surface area contributed by atoms with E-state index in [9.17, 15) is 4.79 Å². The standard InChI is InChI=1S/C22H28Cl2N4O/c1-15(2)14-28-9-7-16(8-10-28)12-25-20-5-3-17(23)11-19(20)22(29)27-21-6-4-18(24)13-26-21/h3-6,11,13,15-16,25H,7-10,12,14H2,1-2H3,(H,26,27,29). The van der Waals surface area contributed by atoms with E-state index < -0.39 is 0 Å². The summed E-state index contributed by atoms with van der Waals surface area (Å²) in [4.78, 5) is 19.4. The maximum absolute atomic E-state index is 12.8. The molecule has 2 N–H and O–H groups in total. The van der Waals surface area contributed by atoms with Crippen LogP contribution >= 0.6 is 23.2 Å². The number of amides is 1. The number of benzene rings is 1. The van der Waals surface area contributed by atoms with Gasteiger partial charge in [0.15, 0.2) is 0 Å². The van der Waals surface area contributed by atoms with E-state index in [2.05, 4.69) is 34.4 Å². The molecule has 29 heavy (non-hydrogen) atoms. The Hall–Kier alpha value is -1.82. The maximum atomic E-state index is 12.8. The molecule has 1 aromatic heterocycles. The highest BCUT2D eigenvalue weighted by molar-refractivity contribution is 6.31. The number of nitrogens with one attached hydrogen (secondary N) is 2. The molecule has 0 spiro atoms. The summed E-state index contributed by atoms with van der Waals surface area (Å²) in [7, 11) is 0. The van der Waals surface area contributed by atoms with E-state index in [1.54, 1.807) is 24.3 Å². The summed E-state index contributed by atoms with van der Waals surface area (Å²) in [6.45, 7) is 8.82. The lowest BCUT2D eigenvalue weighted by molar-refractivity contribution is 0.102. The Morgan fingerprint density at radius 3 is 2.55 bits per heavy atom. The van der Waals surface area contributed by atoms with Crippen LogP contribution in [0.25, 0.3) is 0 Å². The van der Waals surface area contributed by atoms with Crippen molar-refractivity contribution in [1.29, 1.82) is 0 Å². The third kappa shape index (κ3) is 6.59. The number of rotatable bonds is 7. The van der Waals surface area contributed by atoms with Gasteiger partial charge in [-0.15, -0.1) is 0 Å². The molecule has 1 fully saturated rings. The van der Waals surface area contributed by atoms with Crippen LogP contribution in [0.5, 0.6) is 0 Å². The zero-order chi connectivity index (χ0) is 20.8. The highest BCUT2D eigenvalue weighted by atomic mass is 35.5. The molecular weight excluding hydrogens is 407 g/mol. The average molecular weight is 435 g/mol. The fraction of sp³-hybridized carbons (Fsp3) is 0.455. The van der Waals surface area contributed by atoms with Crippen LogP contribution in [0.4, 0.5) is 11.5 Å². The van der Waals surface area contributed by atoms with Crippen LogP contribution in [0.15, 0.2) is 36.5 Å². The SMILES string of the molecule is CC(C)CN1CCC(CNc2ccc(Cl)cc2C(=O)Nc2ccc(Cl)cn2)CC1. The first-order valence-electron chi connectivity index (χ1n) is 10.1. The second-order valence-electron chi connectivity index (χ2n) is 8.02. The van der Waals surface area contributed by atoms with Gasteiger partial charge >= 0.3 is 0 Å². The highest BCUT2D eigenvalue weighted by Crippen LogP contribution is 2.24. The highest BCUT2D eigenvalue weighted by Gasteiger charge is 2.20. The first kappa shape index (κ1) is 21.9. The van der Waals surface area contributed by atoms with Crippen LogP contribution in [-0.2, 0) is 0 Å². The van der Waals surface area contributed by atoms with Gasteiger partial charge in [0.2, 0.25) is 0 Å². The van der Waals surface area contributed by atoms with Gasteiger partial charge in [-0.3, -0.25) is 4.79 Å². The van der Waals surface area contributed by atoms with Crippen LogP contribution in [0.2, 0.25) is 10.0 Å². The smallest absolute Gasteiger partial charge is 0.258 e. The minimum Gasteiger partial charge on any atom is -0.384 e. The van der Waals surface area contributed by atoms with Crippen molar-refractivity contribution in [2.75, 3.05) is 36.8 Å². The molecule has 0 aliphatic carbocycles. The number of hydrogen-bond donors (Lipinski definition) is 2. The van der Waals surface area contributed by atoms with Crippen LogP contribution in [0, 0.1) is 11.8 Å². The number of piperidine rings is 1. The molecule has 7 heteroatoms. The van der Waals surface area contributed by atoms with Gasteiger partial charge in [0, 0.05) is 30.0 Å². The third-order valence-corrected chi connectivity index (χ3v) is 5.57. The molecule has 2 aromatic rings. The summed E-state index contributed by atoms with van der Waals surface area (Å²) in [6, 6.07) is 8.70. The lowest BCUT2D eigenvalue weighted by Gasteiger charge is -2.33. The van der Waals surface area contributed by atoms with E-state index in [1.807, 2.05) is 6.07 Å². The van der Waals surface area contributed by atoms with Gasteiger partial charge in [0.25, 0.3) is 5.91 Å². The Kier molecular flexibility index (Phi) is 7.76. The van der Waals surface area contributed by atoms with E-state index >= 15 is 0 Å². The molecule has 1 aromatic carbocycles. The lowest BCUT2D eigenvalue weighted by Crippen LogP contribution is -2.37. The van der Waals surface area contributed by atoms with Crippen LogP contribution in [0.3, 0.4) is 0 Å². The first-order valence-corrected chi connectivity index (χ1v) is 10.8. The number of halogens is 2. The van der Waals surface area contributed by atoms with E-state index in [0.717, 1.165) is 25.3 Å². The Balaban J connectivity index is 1.60. The molecule has 1 aliphatic rings. The van der Waals surface area contributed by atoms with Gasteiger partial charge in [-0.25, -0.2) is 4.98 Å². The van der Waals surface area contributed by atoms with Crippen molar-refractivity contribution >= 4 is 40.6 Å². The summed E-state index contributed by atoms with van der Waals surface area (Å²) < 4.78 is 0. The largest absolute Gasteiger partial charge is 0.384 e. The van der Waals surface area contributed by atoms with E-state index in [4.69, 9.17) is 23.2 Å². The summed E-state index contributed by atoms with van der Waals surface area (Å²) in [5.74, 6) is 1.50. The van der Waals surface area contributed by atoms with Gasteiger partial charge in [0.1, 0.15) is 5.82 Å². The number of likely N-dealkylation sites (tertiary alicyclic amines) is 1. The third-order valence-electron chi connectivity index (χ3n) is 5.11. The predicted octanol–water partition coefficient (Wildman–Crippen LogP) is 5.42. The molecular formula is C22H28Cl2N4O. The van der Waals surface area contributed by atoms with E-state index in [0.29, 0.717) is 33.3 Å². The fourth-order valence-electron chi connectivity index (χ4n) is 3.64. The summed E-state index contributed by atoms with van der Waals surface area (Å²) in [5.41, 5.74) is 1.29. The number of nitrogens with zero attached hydrogens (tertiary/aromatic N) is 2. The first-order chi connectivity index (χ1) is 13.9. The number of anilines is 2. The van der Waals surface area contributed by atoms with Crippen molar-refractivity contribution < 1.29 is 4.79 Å². The van der Waals surface area contributed by atoms with Gasteiger partial charge in [-0.2, -0.15) is 0 Å². The summed E-state index contributed by atoms with van der Waals surface area (Å²) in [5, 5.41) is 7.30. The Morgan fingerprint density at radius 1 is 1.17 bits per heavy atom. The van der Waals surface area contributed by atoms with Gasteiger partial charge in [0.05, 0.1) is 10.6 Å². The minimum atomic E-state index is -0.253. The normalized spacial score (nSPS) is 15.5. The molecule has 0 saturated carbocycles. The predicted molar refractivity (Wildman–Crippen MR) is 121 cm³/mol. The Bertz CT molecular complexity index is 818. The molecule has 156 valence electrons. The molecule has 1 saturated heterocycles. The molecule has 1 amide bonds. The molecule has 0 unspecified atom stereocenters. The Labute approximate surface area is 182 Å². The summed E-state index contributed by atoms with van der Waals surface area (Å²) in [6.07, 6.45) is 3.84. The monoisotopic (exact) mass is 434 g/mol. The molecule has 0 atom stereocenters. The second-order valence-corrected chi connectivity index (χ2v) is 8.90. The number of pyridine rings is 1. The van der Waals surface area contributed by atoms with Gasteiger partial charge in [-0.1, -0.05) is 37.0 Å². The van der Waals surface area contributed by atoms with Crippen LogP contribution in [0.1, 0.15) is 37.0 Å². The number of aromatic nitrogens is 1. The van der Waals surface area contributed by atoms with Crippen molar-refractivity contribution in [3.05, 3.63) is 52.1 Å². The molecule has 0 bridgehead atoms. The van der Waals surface area contributed by atoms with E-state index in [-0.39, 0.29) is 5.91 Å². The van der Waals surface area contributed by atoms with Crippen molar-refractivity contribution in [2.24, 2.45) is 11.8 Å². The molecule has 2 heterocycles. The van der Waals surface area contributed by atoms with Crippen molar-refractivity contribution in [3.8, 4) is 0 Å². The van der Waals surface area contributed by atoms with Crippen LogP contribution < -0.4 is 10.6 Å². The van der Waals surface area contributed by atoms with Crippen LogP contribution in [-0.4, -0.2) is 42.0 Å². The number of hydrogen-bond acceptors (Lipinski definition) is 4. The van der Waals surface area contributed by atoms with Crippen molar-refractivity contribution in [3.63, 3.8) is 0 Å². The zero-order valence-corrected chi connectivity index (χ0v) is 18.4. The Morgan fingerprint density at radius 2 is 1.90 bits per heavy atom. The lowest BCUT2D eigenvalue weighted by atomic mass is 9.96. The quantitative estimate of drug-likeness (QED) is 0.610. The van der Waals surface area contributed by atoms with E-state index in [1.165, 1.54) is 25.6 Å². The van der Waals surface area contributed by atoms with Gasteiger partial charge < -0.3 is 15.5 Å². The van der Waals surface area contributed by atoms with Crippen molar-refractivity contribution in [1.82, 2.24) is 9.88 Å². The molecule has 5 nitrogen and oxygen atoms in total. The van der Waals surface area contributed by atoms with Crippen molar-refractivity contribution in [2.45, 2.75) is 26.7 Å². The maximum Gasteiger partial charge on any atom is 0.258 e. The average Bonchev–Trinajstić information content (AvgIpc) is 2.69. The summed E-state index contributed by atoms with van der Waals surface area (Å²) >= 11 is 12.0. The molecule has 0 radical (unpaired) electrons. The molecule has 1 aliphatic heterocycles. The zero-order valence-electron chi connectivity index (χ0n) is 16.9. The number of carbonyl (C=O) groups is 1.